The predicted octanol–water partition coefficient (Wildman–Crippen LogP) is 3.53. The van der Waals surface area contributed by atoms with Gasteiger partial charge >= 0.3 is 0 Å². The number of hydrogen-bond acceptors (Lipinski definition) is 3. The van der Waals surface area contributed by atoms with Crippen molar-refractivity contribution >= 4 is 0 Å². The van der Waals surface area contributed by atoms with Crippen LogP contribution in [0.25, 0.3) is 10.4 Å². The molecule has 1 fully saturated rings. The van der Waals surface area contributed by atoms with Crippen LogP contribution in [0.4, 0.5) is 0 Å². The van der Waals surface area contributed by atoms with E-state index in [1.165, 1.54) is 32.1 Å². The summed E-state index contributed by atoms with van der Waals surface area (Å²) in [7, 11) is 0. The highest BCUT2D eigenvalue weighted by molar-refractivity contribution is 5.11. The molecule has 0 N–H and O–H groups in total. The summed E-state index contributed by atoms with van der Waals surface area (Å²) in [4.78, 5) is 2.69. The van der Waals surface area contributed by atoms with Crippen LogP contribution >= 0.6 is 0 Å². The number of nitrogens with zero attached hydrogens (tertiary/aromatic N) is 4. The van der Waals surface area contributed by atoms with Gasteiger partial charge in [0.15, 0.2) is 0 Å². The first kappa shape index (κ1) is 10.1. The summed E-state index contributed by atoms with van der Waals surface area (Å²) in [5.74, 6) is 1.20. The lowest BCUT2D eigenvalue weighted by Crippen LogP contribution is -2.04. The molecule has 0 bridgehead atoms. The zero-order valence-electron chi connectivity index (χ0n) is 8.59. The van der Waals surface area contributed by atoms with Gasteiger partial charge in [-0.3, -0.25) is 0 Å². The number of rotatable bonds is 3. The topological polar surface area (TPSA) is 74.8 Å². The van der Waals surface area contributed by atoms with Crippen molar-refractivity contribution < 1.29 is 4.52 Å². The first-order valence-corrected chi connectivity index (χ1v) is 5.36. The van der Waals surface area contributed by atoms with E-state index in [-0.39, 0.29) is 6.54 Å². The first-order valence-electron chi connectivity index (χ1n) is 5.36. The van der Waals surface area contributed by atoms with Gasteiger partial charge < -0.3 is 4.52 Å². The fourth-order valence-corrected chi connectivity index (χ4v) is 2.10. The molecule has 1 aliphatic carbocycles. The van der Waals surface area contributed by atoms with Gasteiger partial charge in [0.1, 0.15) is 5.76 Å². The smallest absolute Gasteiger partial charge is 0.142 e. The van der Waals surface area contributed by atoms with Crippen LogP contribution in [0.3, 0.4) is 0 Å². The van der Waals surface area contributed by atoms with Crippen molar-refractivity contribution in [3.05, 3.63) is 28.0 Å². The van der Waals surface area contributed by atoms with E-state index in [4.69, 9.17) is 10.1 Å². The van der Waals surface area contributed by atoms with E-state index < -0.39 is 0 Å². The summed E-state index contributed by atoms with van der Waals surface area (Å²) in [6, 6.07) is 1.92. The van der Waals surface area contributed by atoms with Crippen LogP contribution in [0.15, 0.2) is 15.7 Å². The van der Waals surface area contributed by atoms with E-state index in [2.05, 4.69) is 15.2 Å². The average Bonchev–Trinajstić information content (AvgIpc) is 2.76. The Labute approximate surface area is 88.1 Å². The molecule has 1 heterocycles. The summed E-state index contributed by atoms with van der Waals surface area (Å²) < 4.78 is 5.11. The molecule has 1 aliphatic rings. The number of azide groups is 1. The Balaban J connectivity index is 2.01. The molecule has 1 aromatic heterocycles. The second-order valence-corrected chi connectivity index (χ2v) is 3.94. The molecule has 0 spiro atoms. The van der Waals surface area contributed by atoms with E-state index in [0.29, 0.717) is 11.7 Å². The Kier molecular flexibility index (Phi) is 3.25. The molecular weight excluding hydrogens is 192 g/mol. The molecule has 15 heavy (non-hydrogen) atoms. The third-order valence-electron chi connectivity index (χ3n) is 2.89. The summed E-state index contributed by atoms with van der Waals surface area (Å²) in [6.45, 7) is 0.260. The zero-order valence-corrected chi connectivity index (χ0v) is 8.59. The maximum Gasteiger partial charge on any atom is 0.142 e. The molecule has 0 amide bonds. The molecule has 80 valence electrons. The SMILES string of the molecule is [N-]=[N+]=NCc1cc(C2CCCCC2)no1. The maximum atomic E-state index is 8.18. The fourth-order valence-electron chi connectivity index (χ4n) is 2.10. The summed E-state index contributed by atoms with van der Waals surface area (Å²) >= 11 is 0. The van der Waals surface area contributed by atoms with E-state index >= 15 is 0 Å². The maximum absolute atomic E-state index is 8.18. The van der Waals surface area contributed by atoms with Crippen molar-refractivity contribution in [2.45, 2.75) is 44.6 Å². The molecule has 0 unspecified atom stereocenters. The number of hydrogen-bond donors (Lipinski definition) is 0. The Hall–Kier alpha value is -1.48. The lowest BCUT2D eigenvalue weighted by Gasteiger charge is -2.18. The van der Waals surface area contributed by atoms with Gasteiger partial charge in [0.25, 0.3) is 0 Å². The van der Waals surface area contributed by atoms with Crippen molar-refractivity contribution in [1.82, 2.24) is 5.16 Å². The van der Waals surface area contributed by atoms with E-state index in [0.717, 1.165) is 5.69 Å². The quantitative estimate of drug-likeness (QED) is 0.431. The molecule has 2 rings (SSSR count). The van der Waals surface area contributed by atoms with Gasteiger partial charge in [-0.05, 0) is 18.4 Å². The van der Waals surface area contributed by atoms with Crippen LogP contribution in [-0.2, 0) is 6.54 Å². The zero-order chi connectivity index (χ0) is 10.5. The number of aromatic nitrogens is 1. The van der Waals surface area contributed by atoms with Gasteiger partial charge in [0.2, 0.25) is 0 Å². The van der Waals surface area contributed by atoms with E-state index in [1.54, 1.807) is 0 Å². The van der Waals surface area contributed by atoms with Crippen LogP contribution in [0, 0.1) is 0 Å². The van der Waals surface area contributed by atoms with Crippen molar-refractivity contribution in [2.75, 3.05) is 0 Å². The fraction of sp³-hybridized carbons (Fsp3) is 0.700. The third-order valence-corrected chi connectivity index (χ3v) is 2.89. The van der Waals surface area contributed by atoms with Gasteiger partial charge in [-0.25, -0.2) is 0 Å². The second-order valence-electron chi connectivity index (χ2n) is 3.94. The highest BCUT2D eigenvalue weighted by Gasteiger charge is 2.18. The van der Waals surface area contributed by atoms with Crippen LogP contribution in [-0.4, -0.2) is 5.16 Å². The average molecular weight is 206 g/mol. The summed E-state index contributed by atoms with van der Waals surface area (Å²) in [6.07, 6.45) is 6.30. The van der Waals surface area contributed by atoms with Crippen molar-refractivity contribution in [3.8, 4) is 0 Å². The molecule has 0 radical (unpaired) electrons. The minimum absolute atomic E-state index is 0.260. The normalized spacial score (nSPS) is 17.3. The Morgan fingerprint density at radius 3 is 3.00 bits per heavy atom. The van der Waals surface area contributed by atoms with Crippen molar-refractivity contribution in [3.63, 3.8) is 0 Å². The highest BCUT2D eigenvalue weighted by atomic mass is 16.5. The van der Waals surface area contributed by atoms with Crippen LogP contribution < -0.4 is 0 Å². The van der Waals surface area contributed by atoms with E-state index in [9.17, 15) is 0 Å². The third kappa shape index (κ3) is 2.50. The van der Waals surface area contributed by atoms with Gasteiger partial charge in [0, 0.05) is 16.9 Å². The van der Waals surface area contributed by atoms with Gasteiger partial charge in [-0.1, -0.05) is 29.5 Å². The molecular formula is C10H14N4O. The molecule has 0 saturated heterocycles. The summed E-state index contributed by atoms with van der Waals surface area (Å²) in [5.41, 5.74) is 9.21. The molecule has 1 saturated carbocycles. The van der Waals surface area contributed by atoms with Crippen molar-refractivity contribution in [2.24, 2.45) is 5.11 Å². The molecule has 1 aromatic rings. The minimum Gasteiger partial charge on any atom is -0.361 e. The van der Waals surface area contributed by atoms with Gasteiger partial charge in [-0.2, -0.15) is 0 Å². The predicted molar refractivity (Wildman–Crippen MR) is 55.2 cm³/mol. The van der Waals surface area contributed by atoms with Crippen LogP contribution in [0.5, 0.6) is 0 Å². The lowest BCUT2D eigenvalue weighted by atomic mass is 9.87. The van der Waals surface area contributed by atoms with Crippen molar-refractivity contribution in [1.29, 1.82) is 0 Å². The summed E-state index contributed by atoms with van der Waals surface area (Å²) in [5, 5.41) is 7.48. The van der Waals surface area contributed by atoms with E-state index in [1.807, 2.05) is 6.07 Å². The van der Waals surface area contributed by atoms with Crippen LogP contribution in [0.2, 0.25) is 0 Å². The van der Waals surface area contributed by atoms with Crippen LogP contribution in [0.1, 0.15) is 49.5 Å². The van der Waals surface area contributed by atoms with Gasteiger partial charge in [0.05, 0.1) is 12.2 Å². The second kappa shape index (κ2) is 4.84. The molecule has 0 aliphatic heterocycles. The first-order chi connectivity index (χ1) is 7.40. The molecule has 0 atom stereocenters. The Bertz CT molecular complexity index is 361. The largest absolute Gasteiger partial charge is 0.361 e. The Morgan fingerprint density at radius 2 is 2.27 bits per heavy atom. The molecule has 5 nitrogen and oxygen atoms in total. The monoisotopic (exact) mass is 206 g/mol. The standard InChI is InChI=1S/C10H14N4O/c11-14-12-7-9-6-10(13-15-9)8-4-2-1-3-5-8/h6,8H,1-5,7H2. The lowest BCUT2D eigenvalue weighted by molar-refractivity contribution is 0.359. The van der Waals surface area contributed by atoms with Gasteiger partial charge in [-0.15, -0.1) is 0 Å². The highest BCUT2D eigenvalue weighted by Crippen LogP contribution is 2.32. The minimum atomic E-state index is 0.260. The molecule has 5 heteroatoms. The Morgan fingerprint density at radius 1 is 1.47 bits per heavy atom. The molecule has 0 aromatic carbocycles.